The van der Waals surface area contributed by atoms with Crippen LogP contribution in [0.4, 0.5) is 0 Å². The van der Waals surface area contributed by atoms with Gasteiger partial charge in [-0.2, -0.15) is 5.10 Å². The molecule has 6 heteroatoms. The number of amides is 1. The van der Waals surface area contributed by atoms with E-state index < -0.39 is 0 Å². The minimum Gasteiger partial charge on any atom is -0.345 e. The monoisotopic (exact) mass is 384 g/mol. The predicted molar refractivity (Wildman–Crippen MR) is 96.1 cm³/mol. The molecule has 1 atom stereocenters. The van der Waals surface area contributed by atoms with E-state index in [1.807, 2.05) is 50.2 Å². The van der Waals surface area contributed by atoms with Crippen molar-refractivity contribution < 1.29 is 4.79 Å². The van der Waals surface area contributed by atoms with Gasteiger partial charge in [0.15, 0.2) is 0 Å². The largest absolute Gasteiger partial charge is 0.345 e. The van der Waals surface area contributed by atoms with E-state index in [0.29, 0.717) is 5.56 Å². The second-order valence-electron chi connectivity index (χ2n) is 5.51. The molecular formula is C18H17BrN4O. The fraction of sp³-hybridized carbons (Fsp3) is 0.167. The number of rotatable bonds is 4. The Morgan fingerprint density at radius 3 is 2.50 bits per heavy atom. The maximum Gasteiger partial charge on any atom is 0.255 e. The molecule has 24 heavy (non-hydrogen) atoms. The van der Waals surface area contributed by atoms with E-state index in [1.54, 1.807) is 23.3 Å². The number of hydrogen-bond acceptors (Lipinski definition) is 3. The van der Waals surface area contributed by atoms with E-state index in [1.165, 1.54) is 0 Å². The number of halogens is 1. The molecule has 1 amide bonds. The Balaban J connectivity index is 1.80. The van der Waals surface area contributed by atoms with Gasteiger partial charge in [0.1, 0.15) is 0 Å². The Labute approximate surface area is 148 Å². The number of benzene rings is 1. The van der Waals surface area contributed by atoms with Crippen LogP contribution in [0, 0.1) is 6.92 Å². The van der Waals surface area contributed by atoms with Crippen molar-refractivity contribution in [3.63, 3.8) is 0 Å². The fourth-order valence-electron chi connectivity index (χ4n) is 2.48. The van der Waals surface area contributed by atoms with Gasteiger partial charge < -0.3 is 5.32 Å². The molecule has 0 aliphatic heterocycles. The lowest BCUT2D eigenvalue weighted by Gasteiger charge is -2.14. The molecule has 0 radical (unpaired) electrons. The summed E-state index contributed by atoms with van der Waals surface area (Å²) in [5.41, 5.74) is 3.30. The normalized spacial score (nSPS) is 12.0. The zero-order chi connectivity index (χ0) is 17.1. The van der Waals surface area contributed by atoms with Crippen LogP contribution in [0.15, 0.2) is 59.5 Å². The molecule has 0 aliphatic carbocycles. The maximum atomic E-state index is 12.6. The van der Waals surface area contributed by atoms with E-state index in [9.17, 15) is 4.79 Å². The van der Waals surface area contributed by atoms with E-state index >= 15 is 0 Å². The highest BCUT2D eigenvalue weighted by molar-refractivity contribution is 9.10. The average molecular weight is 385 g/mol. The van der Waals surface area contributed by atoms with Crippen LogP contribution >= 0.6 is 15.9 Å². The van der Waals surface area contributed by atoms with Crippen molar-refractivity contribution >= 4 is 21.8 Å². The third-order valence-electron chi connectivity index (χ3n) is 3.88. The number of carbonyl (C=O) groups is 1. The van der Waals surface area contributed by atoms with Crippen LogP contribution in [-0.4, -0.2) is 20.7 Å². The van der Waals surface area contributed by atoms with Gasteiger partial charge in [0.2, 0.25) is 0 Å². The first-order valence-corrected chi connectivity index (χ1v) is 8.37. The second-order valence-corrected chi connectivity index (χ2v) is 6.42. The summed E-state index contributed by atoms with van der Waals surface area (Å²) in [5, 5.41) is 7.35. The lowest BCUT2D eigenvalue weighted by molar-refractivity contribution is 0.0939. The van der Waals surface area contributed by atoms with Crippen molar-refractivity contribution in [2.24, 2.45) is 0 Å². The number of hydrogen-bond donors (Lipinski definition) is 1. The van der Waals surface area contributed by atoms with Gasteiger partial charge in [-0.05, 0) is 55.8 Å². The van der Waals surface area contributed by atoms with E-state index in [-0.39, 0.29) is 11.9 Å². The molecule has 2 aromatic heterocycles. The molecule has 1 unspecified atom stereocenters. The summed E-state index contributed by atoms with van der Waals surface area (Å²) in [6.45, 7) is 3.84. The fourth-order valence-corrected chi connectivity index (χ4v) is 2.75. The summed E-state index contributed by atoms with van der Waals surface area (Å²) < 4.78 is 2.76. The molecule has 1 aromatic carbocycles. The Morgan fingerprint density at radius 2 is 1.83 bits per heavy atom. The molecule has 3 aromatic rings. The maximum absolute atomic E-state index is 12.6. The van der Waals surface area contributed by atoms with Gasteiger partial charge in [0.05, 0.1) is 29.2 Å². The summed E-state index contributed by atoms with van der Waals surface area (Å²) >= 11 is 3.42. The minimum absolute atomic E-state index is 0.101. The van der Waals surface area contributed by atoms with E-state index in [0.717, 1.165) is 21.4 Å². The number of nitrogens with one attached hydrogen (secondary N) is 1. The highest BCUT2D eigenvalue weighted by Gasteiger charge is 2.17. The van der Waals surface area contributed by atoms with Crippen molar-refractivity contribution in [2.45, 2.75) is 19.9 Å². The third-order valence-corrected chi connectivity index (χ3v) is 4.41. The van der Waals surface area contributed by atoms with E-state index in [4.69, 9.17) is 0 Å². The molecular weight excluding hydrogens is 368 g/mol. The number of nitrogens with zero attached hydrogens (tertiary/aromatic N) is 3. The molecule has 0 saturated carbocycles. The van der Waals surface area contributed by atoms with Crippen LogP contribution in [0.1, 0.15) is 34.6 Å². The standard InChI is InChI=1S/C18H17BrN4O/c1-12(14-7-9-20-10-8-14)22-18(24)17-11-21-23(13(17)2)16-5-3-15(19)4-6-16/h3-12H,1-2H3,(H,22,24). The van der Waals surface area contributed by atoms with Gasteiger partial charge in [0, 0.05) is 16.9 Å². The Bertz CT molecular complexity index is 843. The highest BCUT2D eigenvalue weighted by atomic mass is 79.9. The lowest BCUT2D eigenvalue weighted by atomic mass is 10.1. The van der Waals surface area contributed by atoms with Crippen LogP contribution in [0.25, 0.3) is 5.69 Å². The Hall–Kier alpha value is -2.47. The predicted octanol–water partition coefficient (Wildman–Crippen LogP) is 3.83. The van der Waals surface area contributed by atoms with Crippen molar-refractivity contribution in [1.29, 1.82) is 0 Å². The quantitative estimate of drug-likeness (QED) is 0.743. The first kappa shape index (κ1) is 16.4. The molecule has 0 saturated heterocycles. The number of pyridine rings is 1. The van der Waals surface area contributed by atoms with Gasteiger partial charge >= 0.3 is 0 Å². The summed E-state index contributed by atoms with van der Waals surface area (Å²) in [5.74, 6) is -0.139. The first-order valence-electron chi connectivity index (χ1n) is 7.57. The summed E-state index contributed by atoms with van der Waals surface area (Å²) in [6, 6.07) is 11.5. The lowest BCUT2D eigenvalue weighted by Crippen LogP contribution is -2.27. The second kappa shape index (κ2) is 6.97. The smallest absolute Gasteiger partial charge is 0.255 e. The first-order chi connectivity index (χ1) is 11.6. The topological polar surface area (TPSA) is 59.8 Å². The molecule has 3 rings (SSSR count). The number of carbonyl (C=O) groups excluding carboxylic acids is 1. The van der Waals surface area contributed by atoms with Crippen molar-refractivity contribution in [1.82, 2.24) is 20.1 Å². The molecule has 0 aliphatic rings. The van der Waals surface area contributed by atoms with E-state index in [2.05, 4.69) is 31.3 Å². The van der Waals surface area contributed by atoms with Crippen LogP contribution in [0.5, 0.6) is 0 Å². The average Bonchev–Trinajstić information content (AvgIpc) is 2.98. The SMILES string of the molecule is Cc1c(C(=O)NC(C)c2ccncc2)cnn1-c1ccc(Br)cc1. The van der Waals surface area contributed by atoms with Crippen LogP contribution < -0.4 is 5.32 Å². The molecule has 1 N–H and O–H groups in total. The zero-order valence-corrected chi connectivity index (χ0v) is 15.0. The highest BCUT2D eigenvalue weighted by Crippen LogP contribution is 2.18. The van der Waals surface area contributed by atoms with Gasteiger partial charge in [0.25, 0.3) is 5.91 Å². The molecule has 5 nitrogen and oxygen atoms in total. The molecule has 122 valence electrons. The summed E-state index contributed by atoms with van der Waals surface area (Å²) in [4.78, 5) is 16.6. The van der Waals surface area contributed by atoms with Crippen LogP contribution in [0.3, 0.4) is 0 Å². The molecule has 0 spiro atoms. The zero-order valence-electron chi connectivity index (χ0n) is 13.4. The van der Waals surface area contributed by atoms with Crippen LogP contribution in [0.2, 0.25) is 0 Å². The van der Waals surface area contributed by atoms with Crippen LogP contribution in [-0.2, 0) is 0 Å². The van der Waals surface area contributed by atoms with Gasteiger partial charge in [-0.3, -0.25) is 9.78 Å². The summed E-state index contributed by atoms with van der Waals surface area (Å²) in [6.07, 6.45) is 5.04. The number of aromatic nitrogens is 3. The summed E-state index contributed by atoms with van der Waals surface area (Å²) in [7, 11) is 0. The Kier molecular flexibility index (Phi) is 4.76. The van der Waals surface area contributed by atoms with Gasteiger partial charge in [-0.15, -0.1) is 0 Å². The van der Waals surface area contributed by atoms with Crippen molar-refractivity contribution in [3.05, 3.63) is 76.3 Å². The van der Waals surface area contributed by atoms with Gasteiger partial charge in [-0.1, -0.05) is 15.9 Å². The van der Waals surface area contributed by atoms with Crippen molar-refractivity contribution in [3.8, 4) is 5.69 Å². The third kappa shape index (κ3) is 3.38. The molecule has 2 heterocycles. The minimum atomic E-state index is -0.139. The van der Waals surface area contributed by atoms with Gasteiger partial charge in [-0.25, -0.2) is 4.68 Å². The van der Waals surface area contributed by atoms with Crippen molar-refractivity contribution in [2.75, 3.05) is 0 Å². The molecule has 0 fully saturated rings. The molecule has 0 bridgehead atoms. The Morgan fingerprint density at radius 1 is 1.17 bits per heavy atom.